The van der Waals surface area contributed by atoms with Gasteiger partial charge in [0.1, 0.15) is 17.7 Å². The van der Waals surface area contributed by atoms with Crippen LogP contribution >= 0.6 is 0 Å². The van der Waals surface area contributed by atoms with Gasteiger partial charge in [-0.3, -0.25) is 0 Å². The molecule has 2 rings (SSSR count). The Bertz CT molecular complexity index is 600. The van der Waals surface area contributed by atoms with Gasteiger partial charge in [-0.1, -0.05) is 12.1 Å². The highest BCUT2D eigenvalue weighted by atomic mass is 19.1. The number of hydrogen-bond acceptors (Lipinski definition) is 3. The van der Waals surface area contributed by atoms with Crippen LogP contribution in [0, 0.1) is 24.1 Å². The van der Waals surface area contributed by atoms with Crippen LogP contribution in [0.4, 0.5) is 10.2 Å². The lowest BCUT2D eigenvalue weighted by molar-refractivity contribution is 0.627. The summed E-state index contributed by atoms with van der Waals surface area (Å²) >= 11 is 0. The van der Waals surface area contributed by atoms with Crippen molar-refractivity contribution >= 4 is 5.82 Å². The first-order valence-corrected chi connectivity index (χ1v) is 6.04. The number of pyridine rings is 1. The summed E-state index contributed by atoms with van der Waals surface area (Å²) in [7, 11) is 0. The van der Waals surface area contributed by atoms with Crippen LogP contribution in [0.25, 0.3) is 0 Å². The van der Waals surface area contributed by atoms with E-state index in [1.54, 1.807) is 18.3 Å². The normalized spacial score (nSPS) is 9.95. The van der Waals surface area contributed by atoms with Crippen LogP contribution in [0.3, 0.4) is 0 Å². The molecular formula is C15H14FN3. The van der Waals surface area contributed by atoms with Crippen LogP contribution in [0.15, 0.2) is 36.5 Å². The van der Waals surface area contributed by atoms with Crippen LogP contribution in [0.1, 0.15) is 16.7 Å². The average Bonchev–Trinajstić information content (AvgIpc) is 2.41. The third kappa shape index (κ3) is 3.29. The second-order valence-electron chi connectivity index (χ2n) is 4.27. The first-order chi connectivity index (χ1) is 9.20. The fraction of sp³-hybridized carbons (Fsp3) is 0.200. The second kappa shape index (κ2) is 5.96. The van der Waals surface area contributed by atoms with Crippen LogP contribution in [0.2, 0.25) is 0 Å². The number of nitrogens with zero attached hydrogens (tertiary/aromatic N) is 2. The molecule has 0 aliphatic heterocycles. The third-order valence-corrected chi connectivity index (χ3v) is 2.89. The number of rotatable bonds is 4. The van der Waals surface area contributed by atoms with E-state index < -0.39 is 0 Å². The minimum Gasteiger partial charge on any atom is -0.369 e. The van der Waals surface area contributed by atoms with Gasteiger partial charge in [0.2, 0.25) is 0 Å². The van der Waals surface area contributed by atoms with E-state index in [0.29, 0.717) is 17.9 Å². The maximum absolute atomic E-state index is 12.8. The maximum atomic E-state index is 12.8. The molecule has 0 saturated carbocycles. The summed E-state index contributed by atoms with van der Waals surface area (Å²) in [5, 5.41) is 12.2. The number of anilines is 1. The highest BCUT2D eigenvalue weighted by Gasteiger charge is 2.05. The number of nitrogens with one attached hydrogen (secondary N) is 1. The van der Waals surface area contributed by atoms with E-state index in [-0.39, 0.29) is 5.82 Å². The van der Waals surface area contributed by atoms with Crippen molar-refractivity contribution in [3.05, 3.63) is 59.0 Å². The van der Waals surface area contributed by atoms with E-state index in [0.717, 1.165) is 17.5 Å². The number of benzene rings is 1. The quantitative estimate of drug-likeness (QED) is 0.913. The van der Waals surface area contributed by atoms with Crippen LogP contribution in [0.5, 0.6) is 0 Å². The van der Waals surface area contributed by atoms with Gasteiger partial charge in [-0.25, -0.2) is 9.37 Å². The maximum Gasteiger partial charge on any atom is 0.144 e. The Morgan fingerprint density at radius 1 is 1.26 bits per heavy atom. The standard InChI is InChI=1S/C15H14FN3/c1-11-6-8-18-15(14(11)10-17)19-9-7-12-2-4-13(16)5-3-12/h2-6,8H,7,9H2,1H3,(H,18,19). The van der Waals surface area contributed by atoms with Crippen molar-refractivity contribution in [2.75, 3.05) is 11.9 Å². The Kier molecular flexibility index (Phi) is 4.09. The first kappa shape index (κ1) is 13.0. The SMILES string of the molecule is Cc1ccnc(NCCc2ccc(F)cc2)c1C#N. The largest absolute Gasteiger partial charge is 0.369 e. The van der Waals surface area contributed by atoms with Gasteiger partial charge >= 0.3 is 0 Å². The molecule has 1 N–H and O–H groups in total. The van der Waals surface area contributed by atoms with Crippen molar-refractivity contribution in [2.45, 2.75) is 13.3 Å². The molecule has 0 radical (unpaired) electrons. The van der Waals surface area contributed by atoms with E-state index >= 15 is 0 Å². The minimum atomic E-state index is -0.233. The Labute approximate surface area is 111 Å². The van der Waals surface area contributed by atoms with Gasteiger partial charge in [0.15, 0.2) is 0 Å². The molecule has 0 amide bonds. The number of hydrogen-bond donors (Lipinski definition) is 1. The lowest BCUT2D eigenvalue weighted by atomic mass is 10.1. The number of nitriles is 1. The summed E-state index contributed by atoms with van der Waals surface area (Å²) in [5.74, 6) is 0.369. The fourth-order valence-electron chi connectivity index (χ4n) is 1.81. The van der Waals surface area contributed by atoms with Crippen LogP contribution < -0.4 is 5.32 Å². The zero-order valence-corrected chi connectivity index (χ0v) is 10.7. The van der Waals surface area contributed by atoms with Gasteiger partial charge in [-0.15, -0.1) is 0 Å². The van der Waals surface area contributed by atoms with Crippen molar-refractivity contribution in [1.29, 1.82) is 5.26 Å². The molecule has 3 nitrogen and oxygen atoms in total. The van der Waals surface area contributed by atoms with Crippen molar-refractivity contribution < 1.29 is 4.39 Å². The van der Waals surface area contributed by atoms with Gasteiger partial charge in [-0.05, 0) is 42.7 Å². The van der Waals surface area contributed by atoms with Crippen molar-refractivity contribution in [1.82, 2.24) is 4.98 Å². The van der Waals surface area contributed by atoms with E-state index in [1.807, 2.05) is 13.0 Å². The van der Waals surface area contributed by atoms with Gasteiger partial charge in [0.05, 0.1) is 5.56 Å². The van der Waals surface area contributed by atoms with E-state index in [4.69, 9.17) is 5.26 Å². The molecule has 0 fully saturated rings. The molecule has 2 aromatic rings. The van der Waals surface area contributed by atoms with Crippen molar-refractivity contribution in [3.63, 3.8) is 0 Å². The molecule has 1 aromatic heterocycles. The number of aryl methyl sites for hydroxylation is 1. The van der Waals surface area contributed by atoms with Crippen molar-refractivity contribution in [3.8, 4) is 6.07 Å². The average molecular weight is 255 g/mol. The molecule has 1 heterocycles. The molecule has 0 aliphatic carbocycles. The summed E-state index contributed by atoms with van der Waals surface area (Å²) in [6.45, 7) is 2.53. The monoisotopic (exact) mass is 255 g/mol. The summed E-state index contributed by atoms with van der Waals surface area (Å²) < 4.78 is 12.8. The van der Waals surface area contributed by atoms with Gasteiger partial charge < -0.3 is 5.32 Å². The fourth-order valence-corrected chi connectivity index (χ4v) is 1.81. The molecule has 0 unspecified atom stereocenters. The molecule has 0 aliphatic rings. The van der Waals surface area contributed by atoms with Gasteiger partial charge in [-0.2, -0.15) is 5.26 Å². The smallest absolute Gasteiger partial charge is 0.144 e. The molecule has 96 valence electrons. The zero-order valence-electron chi connectivity index (χ0n) is 10.7. The Morgan fingerprint density at radius 2 is 2.00 bits per heavy atom. The Morgan fingerprint density at radius 3 is 2.68 bits per heavy atom. The summed E-state index contributed by atoms with van der Waals surface area (Å²) in [4.78, 5) is 4.16. The van der Waals surface area contributed by atoms with Gasteiger partial charge in [0.25, 0.3) is 0 Å². The topological polar surface area (TPSA) is 48.7 Å². The second-order valence-corrected chi connectivity index (χ2v) is 4.27. The van der Waals surface area contributed by atoms with Crippen LogP contribution in [-0.2, 0) is 6.42 Å². The lowest BCUT2D eigenvalue weighted by Crippen LogP contribution is -2.08. The summed E-state index contributed by atoms with van der Waals surface area (Å²) in [5.41, 5.74) is 2.52. The highest BCUT2D eigenvalue weighted by Crippen LogP contribution is 2.15. The van der Waals surface area contributed by atoms with Gasteiger partial charge in [0, 0.05) is 12.7 Å². The predicted octanol–water partition coefficient (Wildman–Crippen LogP) is 3.06. The zero-order chi connectivity index (χ0) is 13.7. The molecule has 1 aromatic carbocycles. The van der Waals surface area contributed by atoms with E-state index in [2.05, 4.69) is 16.4 Å². The third-order valence-electron chi connectivity index (χ3n) is 2.89. The van der Waals surface area contributed by atoms with E-state index in [9.17, 15) is 4.39 Å². The predicted molar refractivity (Wildman–Crippen MR) is 72.3 cm³/mol. The van der Waals surface area contributed by atoms with E-state index in [1.165, 1.54) is 12.1 Å². The highest BCUT2D eigenvalue weighted by molar-refractivity contribution is 5.55. The number of aromatic nitrogens is 1. The Hall–Kier alpha value is -2.41. The summed E-state index contributed by atoms with van der Waals surface area (Å²) in [6.07, 6.45) is 2.43. The Balaban J connectivity index is 1.98. The molecule has 0 spiro atoms. The first-order valence-electron chi connectivity index (χ1n) is 6.04. The molecule has 0 bridgehead atoms. The minimum absolute atomic E-state index is 0.233. The molecule has 4 heteroatoms. The van der Waals surface area contributed by atoms with Crippen molar-refractivity contribution in [2.24, 2.45) is 0 Å². The lowest BCUT2D eigenvalue weighted by Gasteiger charge is -2.08. The number of halogens is 1. The molecule has 0 atom stereocenters. The molecule has 0 saturated heterocycles. The molecule has 19 heavy (non-hydrogen) atoms. The summed E-state index contributed by atoms with van der Waals surface area (Å²) in [6, 6.07) is 10.4. The molecular weight excluding hydrogens is 241 g/mol. The van der Waals surface area contributed by atoms with Crippen LogP contribution in [-0.4, -0.2) is 11.5 Å².